The van der Waals surface area contributed by atoms with Crippen molar-refractivity contribution in [3.63, 3.8) is 0 Å². The van der Waals surface area contributed by atoms with E-state index < -0.39 is 5.92 Å². The molecule has 0 radical (unpaired) electrons. The maximum Gasteiger partial charge on any atom is 0.110 e. The van der Waals surface area contributed by atoms with Crippen LogP contribution in [-0.4, -0.2) is 13.3 Å². The second-order valence-electron chi connectivity index (χ2n) is 2.60. The Morgan fingerprint density at radius 3 is 2.64 bits per heavy atom. The van der Waals surface area contributed by atoms with Gasteiger partial charge in [0.15, 0.2) is 0 Å². The lowest BCUT2D eigenvalue weighted by Crippen LogP contribution is -1.96. The van der Waals surface area contributed by atoms with Crippen molar-refractivity contribution in [2.75, 3.05) is 7.11 Å². The third-order valence-corrected chi connectivity index (χ3v) is 1.94. The summed E-state index contributed by atoms with van der Waals surface area (Å²) >= 11 is 5.72. The van der Waals surface area contributed by atoms with E-state index in [1.54, 1.807) is 24.3 Å². The molecule has 0 aliphatic heterocycles. The topological polar surface area (TPSA) is 45.4 Å². The molecule has 1 aromatic rings. The Labute approximate surface area is 87.5 Å². The monoisotopic (exact) mass is 208 g/mol. The fourth-order valence-electron chi connectivity index (χ4n) is 0.986. The van der Waals surface area contributed by atoms with Gasteiger partial charge in [0.05, 0.1) is 12.3 Å². The van der Waals surface area contributed by atoms with Gasteiger partial charge in [0.25, 0.3) is 0 Å². The molecule has 0 spiro atoms. The molecule has 0 aliphatic rings. The summed E-state index contributed by atoms with van der Waals surface area (Å²) in [5.74, 6) is -0.396. The van der Waals surface area contributed by atoms with Gasteiger partial charge < -0.3 is 4.84 Å². The summed E-state index contributed by atoms with van der Waals surface area (Å²) in [4.78, 5) is 4.51. The van der Waals surface area contributed by atoms with E-state index in [0.717, 1.165) is 5.56 Å². The van der Waals surface area contributed by atoms with Crippen LogP contribution in [0.2, 0.25) is 5.02 Å². The highest BCUT2D eigenvalue weighted by Gasteiger charge is 2.06. The van der Waals surface area contributed by atoms with Crippen molar-refractivity contribution in [1.29, 1.82) is 5.26 Å². The molecule has 1 rings (SSSR count). The molecule has 0 aliphatic carbocycles. The van der Waals surface area contributed by atoms with E-state index in [2.05, 4.69) is 16.1 Å². The third kappa shape index (κ3) is 2.75. The van der Waals surface area contributed by atoms with E-state index in [9.17, 15) is 0 Å². The molecule has 4 heteroatoms. The normalized spacial score (nSPS) is 12.4. The number of halogens is 1. The second kappa shape index (κ2) is 5.25. The Morgan fingerprint density at radius 1 is 1.50 bits per heavy atom. The summed E-state index contributed by atoms with van der Waals surface area (Å²) in [6.07, 6.45) is 1.45. The molecule has 0 saturated carbocycles. The van der Waals surface area contributed by atoms with Crippen LogP contribution in [0.4, 0.5) is 0 Å². The van der Waals surface area contributed by atoms with Crippen LogP contribution in [0.25, 0.3) is 0 Å². The van der Waals surface area contributed by atoms with Crippen LogP contribution in [0.3, 0.4) is 0 Å². The van der Waals surface area contributed by atoms with Crippen molar-refractivity contribution >= 4 is 17.8 Å². The Bertz CT molecular complexity index is 353. The maximum absolute atomic E-state index is 8.85. The van der Waals surface area contributed by atoms with Crippen molar-refractivity contribution in [3.05, 3.63) is 34.9 Å². The number of nitriles is 1. The summed E-state index contributed by atoms with van der Waals surface area (Å²) in [7, 11) is 1.44. The Kier molecular flexibility index (Phi) is 3.96. The van der Waals surface area contributed by atoms with Crippen LogP contribution in [0, 0.1) is 11.3 Å². The number of rotatable bonds is 3. The first kappa shape index (κ1) is 10.6. The lowest BCUT2D eigenvalue weighted by Gasteiger charge is -2.02. The summed E-state index contributed by atoms with van der Waals surface area (Å²) in [5, 5.41) is 13.1. The van der Waals surface area contributed by atoms with E-state index in [1.165, 1.54) is 13.3 Å². The molecule has 1 unspecified atom stereocenters. The van der Waals surface area contributed by atoms with Crippen molar-refractivity contribution in [2.24, 2.45) is 5.16 Å². The Hall–Kier alpha value is -1.53. The molecule has 0 N–H and O–H groups in total. The van der Waals surface area contributed by atoms with E-state index in [0.29, 0.717) is 5.02 Å². The van der Waals surface area contributed by atoms with Crippen LogP contribution >= 0.6 is 11.6 Å². The molecule has 72 valence electrons. The van der Waals surface area contributed by atoms with Gasteiger partial charge in [-0.25, -0.2) is 0 Å². The predicted octanol–water partition coefficient (Wildman–Crippen LogP) is 2.58. The van der Waals surface area contributed by atoms with E-state index in [1.807, 2.05) is 0 Å². The molecule has 1 aromatic carbocycles. The standard InChI is InChI=1S/C10H9ClN2O/c1-14-13-7-9(6-12)8-2-4-10(11)5-3-8/h2-5,7,9H,1H3/b13-7-. The number of hydrogen-bond donors (Lipinski definition) is 0. The zero-order valence-electron chi connectivity index (χ0n) is 7.64. The fourth-order valence-corrected chi connectivity index (χ4v) is 1.11. The summed E-state index contributed by atoms with van der Waals surface area (Å²) < 4.78 is 0. The third-order valence-electron chi connectivity index (χ3n) is 1.68. The van der Waals surface area contributed by atoms with Crippen molar-refractivity contribution in [2.45, 2.75) is 5.92 Å². The van der Waals surface area contributed by atoms with Crippen LogP contribution in [0.15, 0.2) is 29.4 Å². The van der Waals surface area contributed by atoms with Crippen LogP contribution in [0.5, 0.6) is 0 Å². The minimum atomic E-state index is -0.396. The molecule has 0 fully saturated rings. The van der Waals surface area contributed by atoms with Gasteiger partial charge in [0.1, 0.15) is 13.0 Å². The number of oxime groups is 1. The van der Waals surface area contributed by atoms with Gasteiger partial charge in [-0.2, -0.15) is 5.26 Å². The van der Waals surface area contributed by atoms with Gasteiger partial charge in [0, 0.05) is 5.02 Å². The lowest BCUT2D eigenvalue weighted by atomic mass is 10.0. The van der Waals surface area contributed by atoms with E-state index in [-0.39, 0.29) is 0 Å². The van der Waals surface area contributed by atoms with E-state index >= 15 is 0 Å². The lowest BCUT2D eigenvalue weighted by molar-refractivity contribution is 0.214. The minimum absolute atomic E-state index is 0.396. The Morgan fingerprint density at radius 2 is 2.14 bits per heavy atom. The molecule has 0 bridgehead atoms. The first-order chi connectivity index (χ1) is 6.77. The maximum atomic E-state index is 8.85. The van der Waals surface area contributed by atoms with Crippen molar-refractivity contribution < 1.29 is 4.84 Å². The molecule has 0 amide bonds. The number of nitrogens with zero attached hydrogens (tertiary/aromatic N) is 2. The minimum Gasteiger partial charge on any atom is -0.399 e. The van der Waals surface area contributed by atoms with Gasteiger partial charge in [-0.3, -0.25) is 0 Å². The Balaban J connectivity index is 2.86. The van der Waals surface area contributed by atoms with Gasteiger partial charge in [-0.1, -0.05) is 28.9 Å². The summed E-state index contributed by atoms with van der Waals surface area (Å²) in [5.41, 5.74) is 0.845. The largest absolute Gasteiger partial charge is 0.399 e. The molecular weight excluding hydrogens is 200 g/mol. The average molecular weight is 209 g/mol. The van der Waals surface area contributed by atoms with Crippen molar-refractivity contribution in [3.8, 4) is 6.07 Å². The average Bonchev–Trinajstić information content (AvgIpc) is 2.21. The first-order valence-electron chi connectivity index (χ1n) is 3.99. The van der Waals surface area contributed by atoms with Crippen molar-refractivity contribution in [1.82, 2.24) is 0 Å². The first-order valence-corrected chi connectivity index (χ1v) is 4.37. The molecule has 0 saturated heterocycles. The molecule has 0 heterocycles. The van der Waals surface area contributed by atoms with Gasteiger partial charge in [0.2, 0.25) is 0 Å². The summed E-state index contributed by atoms with van der Waals surface area (Å²) in [6.45, 7) is 0. The van der Waals surface area contributed by atoms with E-state index in [4.69, 9.17) is 16.9 Å². The van der Waals surface area contributed by atoms with Gasteiger partial charge >= 0.3 is 0 Å². The second-order valence-corrected chi connectivity index (χ2v) is 3.03. The molecule has 0 aromatic heterocycles. The smallest absolute Gasteiger partial charge is 0.110 e. The fraction of sp³-hybridized carbons (Fsp3) is 0.200. The number of benzene rings is 1. The molecular formula is C10H9ClN2O. The molecule has 14 heavy (non-hydrogen) atoms. The van der Waals surface area contributed by atoms with Gasteiger partial charge in [-0.15, -0.1) is 0 Å². The predicted molar refractivity (Wildman–Crippen MR) is 55.3 cm³/mol. The van der Waals surface area contributed by atoms with Gasteiger partial charge in [-0.05, 0) is 17.7 Å². The quantitative estimate of drug-likeness (QED) is 0.566. The highest BCUT2D eigenvalue weighted by Crippen LogP contribution is 2.16. The zero-order chi connectivity index (χ0) is 10.4. The van der Waals surface area contributed by atoms with Crippen LogP contribution in [-0.2, 0) is 4.84 Å². The van der Waals surface area contributed by atoms with Crippen LogP contribution in [0.1, 0.15) is 11.5 Å². The molecule has 1 atom stereocenters. The molecule has 3 nitrogen and oxygen atoms in total. The highest BCUT2D eigenvalue weighted by atomic mass is 35.5. The highest BCUT2D eigenvalue weighted by molar-refractivity contribution is 6.30. The summed E-state index contributed by atoms with van der Waals surface area (Å²) in [6, 6.07) is 9.16. The van der Waals surface area contributed by atoms with Crippen LogP contribution < -0.4 is 0 Å². The zero-order valence-corrected chi connectivity index (χ0v) is 8.40. The SMILES string of the molecule is CO/N=C\C(C#N)c1ccc(Cl)cc1. The number of hydrogen-bond acceptors (Lipinski definition) is 3.